The molecule has 5 nitrogen and oxygen atoms in total. The fraction of sp³-hybridized carbons (Fsp3) is 0.435. The summed E-state index contributed by atoms with van der Waals surface area (Å²) in [6.45, 7) is 6.83. The van der Waals surface area contributed by atoms with Crippen molar-refractivity contribution in [1.82, 2.24) is 9.80 Å². The monoisotopic (exact) mass is 379 g/mol. The quantitative estimate of drug-likeness (QED) is 0.799. The molecule has 0 aromatic heterocycles. The first-order chi connectivity index (χ1) is 13.7. The number of hydrogen-bond acceptors (Lipinski definition) is 4. The van der Waals surface area contributed by atoms with E-state index in [2.05, 4.69) is 34.1 Å². The third kappa shape index (κ3) is 4.30. The highest BCUT2D eigenvalue weighted by Gasteiger charge is 2.20. The summed E-state index contributed by atoms with van der Waals surface area (Å²) < 4.78 is 5.34. The first-order valence-electron chi connectivity index (χ1n) is 10.2. The van der Waals surface area contributed by atoms with Crippen molar-refractivity contribution in [2.75, 3.05) is 51.3 Å². The Kier molecular flexibility index (Phi) is 5.81. The van der Waals surface area contributed by atoms with E-state index in [1.807, 2.05) is 29.2 Å². The van der Waals surface area contributed by atoms with Gasteiger partial charge in [-0.3, -0.25) is 9.69 Å². The number of methoxy groups -OCH3 is 1. The van der Waals surface area contributed by atoms with Gasteiger partial charge in [0, 0.05) is 63.1 Å². The highest BCUT2D eigenvalue weighted by Crippen LogP contribution is 2.22. The number of carbonyl (C=O) groups is 1. The van der Waals surface area contributed by atoms with Crippen molar-refractivity contribution in [3.8, 4) is 5.75 Å². The number of likely N-dealkylation sites (tertiary alicyclic amines) is 1. The molecule has 0 radical (unpaired) electrons. The zero-order chi connectivity index (χ0) is 19.3. The minimum absolute atomic E-state index is 0.177. The molecule has 0 unspecified atom stereocenters. The lowest BCUT2D eigenvalue weighted by Gasteiger charge is -2.36. The van der Waals surface area contributed by atoms with Gasteiger partial charge in [-0.1, -0.05) is 18.2 Å². The maximum absolute atomic E-state index is 12.5. The number of hydrogen-bond donors (Lipinski definition) is 0. The molecule has 2 saturated heterocycles. The Labute approximate surface area is 167 Å². The van der Waals surface area contributed by atoms with E-state index in [1.54, 1.807) is 7.11 Å². The second-order valence-corrected chi connectivity index (χ2v) is 7.66. The van der Waals surface area contributed by atoms with Crippen molar-refractivity contribution in [2.24, 2.45) is 0 Å². The summed E-state index contributed by atoms with van der Waals surface area (Å²) in [5, 5.41) is 0. The van der Waals surface area contributed by atoms with Crippen LogP contribution >= 0.6 is 0 Å². The summed E-state index contributed by atoms with van der Waals surface area (Å²) in [4.78, 5) is 19.3. The van der Waals surface area contributed by atoms with E-state index in [1.165, 1.54) is 11.3 Å². The van der Waals surface area contributed by atoms with Gasteiger partial charge in [-0.25, -0.2) is 0 Å². The van der Waals surface area contributed by atoms with Crippen molar-refractivity contribution in [3.63, 3.8) is 0 Å². The number of anilines is 1. The minimum Gasteiger partial charge on any atom is -0.497 e. The van der Waals surface area contributed by atoms with Gasteiger partial charge in [0.15, 0.2) is 0 Å². The van der Waals surface area contributed by atoms with Gasteiger partial charge in [-0.2, -0.15) is 0 Å². The van der Waals surface area contributed by atoms with Crippen molar-refractivity contribution >= 4 is 11.6 Å². The van der Waals surface area contributed by atoms with Crippen molar-refractivity contribution in [1.29, 1.82) is 0 Å². The van der Waals surface area contributed by atoms with E-state index < -0.39 is 0 Å². The Bertz CT molecular complexity index is 792. The van der Waals surface area contributed by atoms with E-state index >= 15 is 0 Å². The van der Waals surface area contributed by atoms with Gasteiger partial charge in [0.1, 0.15) is 5.75 Å². The van der Waals surface area contributed by atoms with Gasteiger partial charge in [0.2, 0.25) is 0 Å². The molecule has 0 N–H and O–H groups in total. The van der Waals surface area contributed by atoms with Crippen LogP contribution in [0.1, 0.15) is 28.8 Å². The molecule has 2 fully saturated rings. The normalized spacial score (nSPS) is 17.8. The largest absolute Gasteiger partial charge is 0.497 e. The van der Waals surface area contributed by atoms with Crippen LogP contribution in [0.25, 0.3) is 0 Å². The molecular weight excluding hydrogens is 350 g/mol. The van der Waals surface area contributed by atoms with Crippen molar-refractivity contribution in [2.45, 2.75) is 19.4 Å². The number of carbonyl (C=O) groups excluding carboxylic acids is 1. The van der Waals surface area contributed by atoms with Gasteiger partial charge >= 0.3 is 0 Å². The lowest BCUT2D eigenvalue weighted by Crippen LogP contribution is -2.45. The maximum atomic E-state index is 12.5. The predicted octanol–water partition coefficient (Wildman–Crippen LogP) is 3.25. The Morgan fingerprint density at radius 3 is 2.32 bits per heavy atom. The van der Waals surface area contributed by atoms with E-state index in [0.717, 1.165) is 70.0 Å². The smallest absolute Gasteiger partial charge is 0.253 e. The van der Waals surface area contributed by atoms with Crippen LogP contribution in [0.3, 0.4) is 0 Å². The summed E-state index contributed by atoms with van der Waals surface area (Å²) in [7, 11) is 1.71. The standard InChI is InChI=1S/C23H29N3O2/c1-28-22-6-4-5-21(17-22)25-15-13-24(14-16-25)18-19-7-9-20(10-8-19)23(27)26-11-2-3-12-26/h4-10,17H,2-3,11-16,18H2,1H3. The van der Waals surface area contributed by atoms with Crippen LogP contribution in [0, 0.1) is 0 Å². The molecule has 2 aromatic rings. The third-order valence-corrected chi connectivity index (χ3v) is 5.79. The lowest BCUT2D eigenvalue weighted by atomic mass is 10.1. The van der Waals surface area contributed by atoms with Crippen LogP contribution < -0.4 is 9.64 Å². The second-order valence-electron chi connectivity index (χ2n) is 7.66. The van der Waals surface area contributed by atoms with Crippen LogP contribution in [0.2, 0.25) is 0 Å². The molecule has 2 heterocycles. The van der Waals surface area contributed by atoms with Crippen LogP contribution in [0.5, 0.6) is 5.75 Å². The summed E-state index contributed by atoms with van der Waals surface area (Å²) in [6.07, 6.45) is 2.26. The van der Waals surface area contributed by atoms with Crippen LogP contribution in [0.4, 0.5) is 5.69 Å². The summed E-state index contributed by atoms with van der Waals surface area (Å²) in [6, 6.07) is 16.5. The van der Waals surface area contributed by atoms with Crippen LogP contribution in [-0.4, -0.2) is 62.1 Å². The topological polar surface area (TPSA) is 36.0 Å². The molecule has 1 amide bonds. The molecule has 5 heteroatoms. The number of ether oxygens (including phenoxy) is 1. The van der Waals surface area contributed by atoms with E-state index in [-0.39, 0.29) is 5.91 Å². The van der Waals surface area contributed by atoms with Crippen molar-refractivity contribution < 1.29 is 9.53 Å². The molecule has 4 rings (SSSR count). The number of benzene rings is 2. The van der Waals surface area contributed by atoms with Gasteiger partial charge in [-0.15, -0.1) is 0 Å². The second kappa shape index (κ2) is 8.65. The zero-order valence-electron chi connectivity index (χ0n) is 16.6. The summed E-state index contributed by atoms with van der Waals surface area (Å²) >= 11 is 0. The minimum atomic E-state index is 0.177. The van der Waals surface area contributed by atoms with E-state index in [4.69, 9.17) is 4.74 Å². The molecule has 2 aromatic carbocycles. The Morgan fingerprint density at radius 1 is 0.929 bits per heavy atom. The molecule has 2 aliphatic rings. The van der Waals surface area contributed by atoms with Gasteiger partial charge in [0.05, 0.1) is 7.11 Å². The number of nitrogens with zero attached hydrogens (tertiary/aromatic N) is 3. The maximum Gasteiger partial charge on any atom is 0.253 e. The highest BCUT2D eigenvalue weighted by molar-refractivity contribution is 5.94. The highest BCUT2D eigenvalue weighted by atomic mass is 16.5. The van der Waals surface area contributed by atoms with Gasteiger partial charge < -0.3 is 14.5 Å². The fourth-order valence-corrected chi connectivity index (χ4v) is 4.09. The molecule has 0 saturated carbocycles. The molecule has 0 atom stereocenters. The summed E-state index contributed by atoms with van der Waals surface area (Å²) in [5.74, 6) is 1.08. The molecular formula is C23H29N3O2. The average Bonchev–Trinajstić information content (AvgIpc) is 3.29. The Morgan fingerprint density at radius 2 is 1.64 bits per heavy atom. The molecule has 28 heavy (non-hydrogen) atoms. The SMILES string of the molecule is COc1cccc(N2CCN(Cc3ccc(C(=O)N4CCCC4)cc3)CC2)c1. The average molecular weight is 380 g/mol. The lowest BCUT2D eigenvalue weighted by molar-refractivity contribution is 0.0793. The van der Waals surface area contributed by atoms with Crippen LogP contribution in [-0.2, 0) is 6.54 Å². The van der Waals surface area contributed by atoms with Gasteiger partial charge in [0.25, 0.3) is 5.91 Å². The van der Waals surface area contributed by atoms with Gasteiger partial charge in [-0.05, 0) is 42.7 Å². The number of amides is 1. The first kappa shape index (κ1) is 18.8. The number of rotatable bonds is 5. The fourth-order valence-electron chi connectivity index (χ4n) is 4.09. The molecule has 0 spiro atoms. The number of piperazine rings is 1. The van der Waals surface area contributed by atoms with Crippen molar-refractivity contribution in [3.05, 3.63) is 59.7 Å². The van der Waals surface area contributed by atoms with E-state index in [9.17, 15) is 4.79 Å². The Hall–Kier alpha value is -2.53. The third-order valence-electron chi connectivity index (χ3n) is 5.79. The zero-order valence-corrected chi connectivity index (χ0v) is 16.6. The molecule has 0 aliphatic carbocycles. The summed E-state index contributed by atoms with van der Waals surface area (Å²) in [5.41, 5.74) is 3.31. The molecule has 2 aliphatic heterocycles. The predicted molar refractivity (Wildman–Crippen MR) is 112 cm³/mol. The molecule has 0 bridgehead atoms. The molecule has 148 valence electrons. The first-order valence-corrected chi connectivity index (χ1v) is 10.2. The van der Waals surface area contributed by atoms with Crippen LogP contribution in [0.15, 0.2) is 48.5 Å². The van der Waals surface area contributed by atoms with E-state index in [0.29, 0.717) is 0 Å². The Balaban J connectivity index is 1.30.